The highest BCUT2D eigenvalue weighted by atomic mass is 32.1. The van der Waals surface area contributed by atoms with Crippen molar-refractivity contribution < 1.29 is 14.3 Å². The van der Waals surface area contributed by atoms with Crippen LogP contribution in [0.4, 0.5) is 5.13 Å². The van der Waals surface area contributed by atoms with Crippen LogP contribution < -0.4 is 10.1 Å². The fraction of sp³-hybridized carbons (Fsp3) is 0.333. The quantitative estimate of drug-likeness (QED) is 0.607. The number of nitrogens with one attached hydrogen (secondary N) is 1. The van der Waals surface area contributed by atoms with Gasteiger partial charge in [0.2, 0.25) is 0 Å². The van der Waals surface area contributed by atoms with E-state index in [-0.39, 0.29) is 18.1 Å². The number of anilines is 1. The van der Waals surface area contributed by atoms with Crippen LogP contribution in [0.1, 0.15) is 29.8 Å². The lowest BCUT2D eigenvalue weighted by Gasteiger charge is -2.35. The number of hydrogen-bond acceptors (Lipinski definition) is 6. The molecule has 0 aliphatic carbocycles. The monoisotopic (exact) mass is 437 g/mol. The summed E-state index contributed by atoms with van der Waals surface area (Å²) < 4.78 is 11.2. The van der Waals surface area contributed by atoms with E-state index in [1.54, 1.807) is 7.11 Å². The summed E-state index contributed by atoms with van der Waals surface area (Å²) in [6.07, 6.45) is 0.487. The molecule has 31 heavy (non-hydrogen) atoms. The Morgan fingerprint density at radius 1 is 1.16 bits per heavy atom. The van der Waals surface area contributed by atoms with Crippen molar-refractivity contribution in [1.29, 1.82) is 0 Å². The molecular formula is C24H27N3O3S. The van der Waals surface area contributed by atoms with Crippen LogP contribution >= 0.6 is 11.3 Å². The summed E-state index contributed by atoms with van der Waals surface area (Å²) in [6.45, 7) is 6.91. The third kappa shape index (κ3) is 5.31. The highest BCUT2D eigenvalue weighted by Gasteiger charge is 2.22. The second kappa shape index (κ2) is 9.60. The summed E-state index contributed by atoms with van der Waals surface area (Å²) in [5.41, 5.74) is 3.48. The molecule has 2 unspecified atom stereocenters. The molecule has 1 aliphatic rings. The van der Waals surface area contributed by atoms with Crippen LogP contribution in [0.2, 0.25) is 0 Å². The van der Waals surface area contributed by atoms with E-state index in [0.717, 1.165) is 36.6 Å². The van der Waals surface area contributed by atoms with Crippen molar-refractivity contribution in [3.63, 3.8) is 0 Å². The molecule has 2 atom stereocenters. The Morgan fingerprint density at radius 2 is 1.87 bits per heavy atom. The van der Waals surface area contributed by atoms with E-state index >= 15 is 0 Å². The molecule has 162 valence electrons. The summed E-state index contributed by atoms with van der Waals surface area (Å²) in [4.78, 5) is 19.6. The molecule has 0 radical (unpaired) electrons. The molecule has 1 saturated heterocycles. The number of methoxy groups -OCH3 is 1. The molecule has 2 aromatic carbocycles. The second-order valence-electron chi connectivity index (χ2n) is 7.84. The lowest BCUT2D eigenvalue weighted by Crippen LogP contribution is -2.44. The Balaban J connectivity index is 1.39. The van der Waals surface area contributed by atoms with Crippen LogP contribution in [0.5, 0.6) is 5.75 Å². The van der Waals surface area contributed by atoms with E-state index in [9.17, 15) is 4.79 Å². The number of benzene rings is 2. The molecule has 0 spiro atoms. The van der Waals surface area contributed by atoms with Gasteiger partial charge in [0.25, 0.3) is 5.91 Å². The summed E-state index contributed by atoms with van der Waals surface area (Å²) >= 11 is 1.40. The van der Waals surface area contributed by atoms with Gasteiger partial charge in [-0.15, -0.1) is 11.3 Å². The van der Waals surface area contributed by atoms with Crippen LogP contribution in [0, 0.1) is 0 Å². The average Bonchev–Trinajstić information content (AvgIpc) is 3.21. The van der Waals surface area contributed by atoms with Crippen molar-refractivity contribution in [1.82, 2.24) is 9.88 Å². The second-order valence-corrected chi connectivity index (χ2v) is 8.70. The Bertz CT molecular complexity index is 1020. The molecular weight excluding hydrogens is 410 g/mol. The Labute approximate surface area is 186 Å². The zero-order valence-corrected chi connectivity index (χ0v) is 18.8. The van der Waals surface area contributed by atoms with E-state index in [2.05, 4.69) is 29.0 Å². The summed E-state index contributed by atoms with van der Waals surface area (Å²) in [5, 5.41) is 5.38. The number of thiazole rings is 1. The predicted molar refractivity (Wildman–Crippen MR) is 124 cm³/mol. The lowest BCUT2D eigenvalue weighted by atomic mass is 10.1. The zero-order valence-electron chi connectivity index (χ0n) is 18.0. The van der Waals surface area contributed by atoms with Gasteiger partial charge in [-0.1, -0.05) is 24.3 Å². The van der Waals surface area contributed by atoms with Crippen LogP contribution in [0.3, 0.4) is 0 Å². The number of aromatic nitrogens is 1. The fourth-order valence-electron chi connectivity index (χ4n) is 3.91. The number of amides is 1. The van der Waals surface area contributed by atoms with E-state index in [1.165, 1.54) is 16.9 Å². The minimum atomic E-state index is -0.166. The van der Waals surface area contributed by atoms with Gasteiger partial charge in [-0.05, 0) is 43.7 Å². The van der Waals surface area contributed by atoms with Gasteiger partial charge in [0.15, 0.2) is 5.13 Å². The first kappa shape index (κ1) is 21.5. The molecule has 0 bridgehead atoms. The third-order valence-corrected chi connectivity index (χ3v) is 5.98. The maximum Gasteiger partial charge on any atom is 0.257 e. The van der Waals surface area contributed by atoms with E-state index in [4.69, 9.17) is 9.47 Å². The smallest absolute Gasteiger partial charge is 0.257 e. The van der Waals surface area contributed by atoms with Crippen molar-refractivity contribution >= 4 is 22.4 Å². The maximum absolute atomic E-state index is 12.7. The number of carbonyl (C=O) groups excluding carboxylic acids is 1. The lowest BCUT2D eigenvalue weighted by molar-refractivity contribution is -0.0704. The first-order valence-electron chi connectivity index (χ1n) is 10.4. The Kier molecular flexibility index (Phi) is 6.65. The number of hydrogen-bond donors (Lipinski definition) is 1. The number of rotatable bonds is 6. The molecule has 3 aromatic rings. The van der Waals surface area contributed by atoms with Crippen molar-refractivity contribution in [2.75, 3.05) is 25.5 Å². The van der Waals surface area contributed by atoms with Gasteiger partial charge in [-0.3, -0.25) is 15.0 Å². The van der Waals surface area contributed by atoms with E-state index < -0.39 is 0 Å². The van der Waals surface area contributed by atoms with Gasteiger partial charge in [0.05, 0.1) is 25.0 Å². The SMILES string of the molecule is COc1ccccc1-c1csc(NC(=O)c2ccc(CN3CC(C)OC(C)C3)cc2)n1. The van der Waals surface area contributed by atoms with Gasteiger partial charge in [-0.25, -0.2) is 4.98 Å². The van der Waals surface area contributed by atoms with E-state index in [1.807, 2.05) is 53.9 Å². The highest BCUT2D eigenvalue weighted by molar-refractivity contribution is 7.14. The molecule has 1 aromatic heterocycles. The average molecular weight is 438 g/mol. The number of carbonyl (C=O) groups is 1. The van der Waals surface area contributed by atoms with E-state index in [0.29, 0.717) is 10.7 Å². The van der Waals surface area contributed by atoms with Crippen molar-refractivity contribution in [3.05, 3.63) is 65.0 Å². The standard InChI is InChI=1S/C24H27N3O3S/c1-16-12-27(13-17(2)30-16)14-18-8-10-19(11-9-18)23(28)26-24-25-21(15-31-24)20-6-4-5-7-22(20)29-3/h4-11,15-17H,12-14H2,1-3H3,(H,25,26,28). The van der Waals surface area contributed by atoms with Gasteiger partial charge in [0, 0.05) is 36.1 Å². The molecule has 7 heteroatoms. The van der Waals surface area contributed by atoms with Crippen molar-refractivity contribution in [2.45, 2.75) is 32.6 Å². The minimum Gasteiger partial charge on any atom is -0.496 e. The summed E-state index contributed by atoms with van der Waals surface area (Å²) in [5.74, 6) is 0.589. The van der Waals surface area contributed by atoms with Crippen molar-refractivity contribution in [2.24, 2.45) is 0 Å². The van der Waals surface area contributed by atoms with Gasteiger partial charge < -0.3 is 9.47 Å². The Hall–Kier alpha value is -2.74. The molecule has 0 saturated carbocycles. The molecule has 1 aliphatic heterocycles. The van der Waals surface area contributed by atoms with Gasteiger partial charge in [-0.2, -0.15) is 0 Å². The minimum absolute atomic E-state index is 0.166. The van der Waals surface area contributed by atoms with Gasteiger partial charge >= 0.3 is 0 Å². The fourth-order valence-corrected chi connectivity index (χ4v) is 4.62. The molecule has 1 N–H and O–H groups in total. The molecule has 4 rings (SSSR count). The number of ether oxygens (including phenoxy) is 2. The number of morpholine rings is 1. The topological polar surface area (TPSA) is 63.7 Å². The van der Waals surface area contributed by atoms with Crippen LogP contribution in [-0.4, -0.2) is 48.2 Å². The zero-order chi connectivity index (χ0) is 21.8. The molecule has 1 fully saturated rings. The predicted octanol–water partition coefficient (Wildman–Crippen LogP) is 4.68. The normalized spacial score (nSPS) is 19.2. The number of para-hydroxylation sites is 1. The summed E-state index contributed by atoms with van der Waals surface area (Å²) in [7, 11) is 1.64. The van der Waals surface area contributed by atoms with Crippen LogP contribution in [-0.2, 0) is 11.3 Å². The molecule has 1 amide bonds. The molecule has 2 heterocycles. The molecule has 6 nitrogen and oxygen atoms in total. The first-order chi connectivity index (χ1) is 15.0. The first-order valence-corrected chi connectivity index (χ1v) is 11.3. The van der Waals surface area contributed by atoms with Crippen molar-refractivity contribution in [3.8, 4) is 17.0 Å². The van der Waals surface area contributed by atoms with Gasteiger partial charge in [0.1, 0.15) is 5.75 Å². The number of nitrogens with zero attached hydrogens (tertiary/aromatic N) is 2. The third-order valence-electron chi connectivity index (χ3n) is 5.23. The van der Waals surface area contributed by atoms with Crippen LogP contribution in [0.15, 0.2) is 53.9 Å². The highest BCUT2D eigenvalue weighted by Crippen LogP contribution is 2.32. The Morgan fingerprint density at radius 3 is 2.58 bits per heavy atom. The van der Waals surface area contributed by atoms with Crippen LogP contribution in [0.25, 0.3) is 11.3 Å². The maximum atomic E-state index is 12.7. The summed E-state index contributed by atoms with van der Waals surface area (Å²) in [6, 6.07) is 15.5. The largest absolute Gasteiger partial charge is 0.496 e.